The van der Waals surface area contributed by atoms with E-state index in [9.17, 15) is 0 Å². The SMILES string of the molecule is CC1=C(C)C[C]([Sn][C]2=C(C)C=CC2C)=C1. The molecule has 0 fully saturated rings. The molecule has 0 nitrogen and oxygen atoms in total. The van der Waals surface area contributed by atoms with Gasteiger partial charge in [0.15, 0.2) is 0 Å². The Hall–Kier alpha value is -0.241. The molecule has 0 aliphatic heterocycles. The van der Waals surface area contributed by atoms with Gasteiger partial charge in [0.1, 0.15) is 0 Å². The van der Waals surface area contributed by atoms with E-state index < -0.39 is 21.1 Å². The van der Waals surface area contributed by atoms with Gasteiger partial charge in [0, 0.05) is 0 Å². The normalized spacial score (nSPS) is 25.6. The molecule has 15 heavy (non-hydrogen) atoms. The van der Waals surface area contributed by atoms with E-state index in [0.29, 0.717) is 0 Å². The van der Waals surface area contributed by atoms with Crippen LogP contribution >= 0.6 is 0 Å². The van der Waals surface area contributed by atoms with E-state index in [1.807, 2.05) is 0 Å². The van der Waals surface area contributed by atoms with Crippen molar-refractivity contribution in [2.24, 2.45) is 5.92 Å². The molecule has 0 saturated carbocycles. The predicted molar refractivity (Wildman–Crippen MR) is 67.8 cm³/mol. The van der Waals surface area contributed by atoms with Crippen molar-refractivity contribution < 1.29 is 0 Å². The van der Waals surface area contributed by atoms with E-state index in [0.717, 1.165) is 5.92 Å². The van der Waals surface area contributed by atoms with Crippen molar-refractivity contribution in [2.75, 3.05) is 0 Å². The van der Waals surface area contributed by atoms with Crippen molar-refractivity contribution in [3.8, 4) is 0 Å². The molecule has 0 aromatic heterocycles. The van der Waals surface area contributed by atoms with Gasteiger partial charge in [-0.2, -0.15) is 0 Å². The topological polar surface area (TPSA) is 0 Å². The van der Waals surface area contributed by atoms with Gasteiger partial charge >= 0.3 is 103 Å². The Morgan fingerprint density at radius 2 is 1.93 bits per heavy atom. The summed E-state index contributed by atoms with van der Waals surface area (Å²) in [6, 6.07) is 0. The molecule has 1 heteroatoms. The van der Waals surface area contributed by atoms with Crippen LogP contribution in [0.1, 0.15) is 34.1 Å². The quantitative estimate of drug-likeness (QED) is 0.681. The van der Waals surface area contributed by atoms with E-state index >= 15 is 0 Å². The van der Waals surface area contributed by atoms with Crippen molar-refractivity contribution in [2.45, 2.75) is 34.1 Å². The zero-order valence-corrected chi connectivity index (χ0v) is 12.9. The van der Waals surface area contributed by atoms with Gasteiger partial charge in [0.05, 0.1) is 0 Å². The van der Waals surface area contributed by atoms with Crippen molar-refractivity contribution in [1.82, 2.24) is 0 Å². The number of hydrogen-bond acceptors (Lipinski definition) is 0. The van der Waals surface area contributed by atoms with Gasteiger partial charge in [-0.15, -0.1) is 0 Å². The fourth-order valence-electron chi connectivity index (χ4n) is 2.16. The van der Waals surface area contributed by atoms with Crippen molar-refractivity contribution >= 4 is 21.1 Å². The summed E-state index contributed by atoms with van der Waals surface area (Å²) in [7, 11) is 0. The Kier molecular flexibility index (Phi) is 3.24. The second-order valence-electron chi connectivity index (χ2n) is 4.68. The van der Waals surface area contributed by atoms with Crippen molar-refractivity contribution in [3.63, 3.8) is 0 Å². The van der Waals surface area contributed by atoms with Crippen LogP contribution in [-0.4, -0.2) is 21.1 Å². The van der Waals surface area contributed by atoms with E-state index in [1.165, 1.54) is 12.0 Å². The molecule has 1 unspecified atom stereocenters. The average molecular weight is 305 g/mol. The summed E-state index contributed by atoms with van der Waals surface area (Å²) in [4.78, 5) is 0. The van der Waals surface area contributed by atoms with Gasteiger partial charge in [-0.25, -0.2) is 0 Å². The maximum absolute atomic E-state index is 2.45. The summed E-state index contributed by atoms with van der Waals surface area (Å²) in [5.74, 6) is 0.721. The van der Waals surface area contributed by atoms with Crippen LogP contribution < -0.4 is 0 Å². The van der Waals surface area contributed by atoms with Crippen molar-refractivity contribution in [3.05, 3.63) is 42.1 Å². The molecule has 2 rings (SSSR count). The minimum absolute atomic E-state index is 0.456. The fourth-order valence-corrected chi connectivity index (χ4v) is 6.71. The van der Waals surface area contributed by atoms with E-state index in [-0.39, 0.29) is 0 Å². The zero-order valence-electron chi connectivity index (χ0n) is 10.0. The van der Waals surface area contributed by atoms with Gasteiger partial charge in [0.25, 0.3) is 0 Å². The molecule has 78 valence electrons. The predicted octanol–water partition coefficient (Wildman–Crippen LogP) is 3.79. The van der Waals surface area contributed by atoms with Gasteiger partial charge in [-0.05, 0) is 0 Å². The first-order valence-electron chi connectivity index (χ1n) is 5.61. The Bertz CT molecular complexity index is 405. The molecule has 0 amide bonds. The van der Waals surface area contributed by atoms with Gasteiger partial charge in [-0.1, -0.05) is 0 Å². The van der Waals surface area contributed by atoms with E-state index in [4.69, 9.17) is 0 Å². The minimum atomic E-state index is -0.456. The summed E-state index contributed by atoms with van der Waals surface area (Å²) in [6.07, 6.45) is 8.38. The number of allylic oxidation sites excluding steroid dienone is 8. The van der Waals surface area contributed by atoms with E-state index in [2.05, 4.69) is 45.9 Å². The van der Waals surface area contributed by atoms with Crippen LogP contribution in [0.25, 0.3) is 0 Å². The van der Waals surface area contributed by atoms with Crippen LogP contribution in [0.15, 0.2) is 42.1 Å². The first-order chi connectivity index (χ1) is 7.08. The molecule has 1 atom stereocenters. The number of hydrogen-bond donors (Lipinski definition) is 0. The molecule has 0 heterocycles. The Morgan fingerprint density at radius 1 is 1.20 bits per heavy atom. The van der Waals surface area contributed by atoms with Crippen LogP contribution in [-0.2, 0) is 0 Å². The molecular formula is C14H18Sn. The molecule has 0 bridgehead atoms. The van der Waals surface area contributed by atoms with Gasteiger partial charge in [-0.3, -0.25) is 0 Å². The molecule has 2 aliphatic carbocycles. The first kappa shape index (κ1) is 11.3. The number of rotatable bonds is 2. The van der Waals surface area contributed by atoms with Gasteiger partial charge < -0.3 is 0 Å². The molecule has 2 aliphatic rings. The summed E-state index contributed by atoms with van der Waals surface area (Å²) in [5, 5.41) is 0. The fraction of sp³-hybridized carbons (Fsp3) is 0.429. The monoisotopic (exact) mass is 306 g/mol. The molecule has 2 radical (unpaired) electrons. The third-order valence-electron chi connectivity index (χ3n) is 3.33. The Balaban J connectivity index is 2.08. The Morgan fingerprint density at radius 3 is 2.40 bits per heavy atom. The van der Waals surface area contributed by atoms with E-state index in [1.54, 1.807) is 18.3 Å². The van der Waals surface area contributed by atoms with Crippen LogP contribution in [0.2, 0.25) is 0 Å². The van der Waals surface area contributed by atoms with Crippen LogP contribution in [0.5, 0.6) is 0 Å². The van der Waals surface area contributed by atoms with Crippen molar-refractivity contribution in [1.29, 1.82) is 0 Å². The summed E-state index contributed by atoms with van der Waals surface area (Å²) in [6.45, 7) is 9.14. The summed E-state index contributed by atoms with van der Waals surface area (Å²) < 4.78 is 3.55. The Labute approximate surface area is 103 Å². The maximum atomic E-state index is 2.45. The second kappa shape index (κ2) is 4.32. The standard InChI is InChI=1S/2C7H9.Sn/c1-6-3-4-7(2)5-6;1-6-4-3-5-7(6)2;/h3-4,6H,1-2H3;4H,5H2,1-2H3;. The third-order valence-corrected chi connectivity index (χ3v) is 8.36. The molecule has 0 N–H and O–H groups in total. The molecule has 0 aromatic rings. The third kappa shape index (κ3) is 2.30. The summed E-state index contributed by atoms with van der Waals surface area (Å²) >= 11 is -0.456. The molecule has 0 saturated heterocycles. The summed E-state index contributed by atoms with van der Waals surface area (Å²) in [5.41, 5.74) is 4.66. The van der Waals surface area contributed by atoms with Crippen LogP contribution in [0.3, 0.4) is 0 Å². The molecule has 0 spiro atoms. The molecule has 0 aromatic carbocycles. The van der Waals surface area contributed by atoms with Gasteiger partial charge in [0.2, 0.25) is 0 Å². The van der Waals surface area contributed by atoms with Crippen LogP contribution in [0.4, 0.5) is 0 Å². The second-order valence-corrected chi connectivity index (χ2v) is 8.76. The first-order valence-corrected chi connectivity index (χ1v) is 8.46. The van der Waals surface area contributed by atoms with Crippen LogP contribution in [0, 0.1) is 5.92 Å². The molecular weight excluding hydrogens is 287 g/mol. The average Bonchev–Trinajstić information content (AvgIpc) is 2.64. The zero-order chi connectivity index (χ0) is 11.0.